The van der Waals surface area contributed by atoms with Crippen molar-refractivity contribution in [2.75, 3.05) is 0 Å². The lowest BCUT2D eigenvalue weighted by Crippen LogP contribution is -2.65. The zero-order chi connectivity index (χ0) is 27.5. The molecule has 208 valence electrons. The molecule has 0 aliphatic heterocycles. The number of carboxylic acids is 1. The SMILES string of the molecule is CC(=O)O[C@H]1C[C@@]2(C)[C@@H](C[C@@H](O)[C@H]3[C@@]4(C)CC[C@@H](O)[C@@H](C)[C@@H]4CC[C@@]32C)/C1=C(/CCC=C(C)C)C(=O)O. The molecular formula is C31H48O6. The Kier molecular flexibility index (Phi) is 7.53. The molecule has 37 heavy (non-hydrogen) atoms. The van der Waals surface area contributed by atoms with Gasteiger partial charge in [0.05, 0.1) is 12.2 Å². The summed E-state index contributed by atoms with van der Waals surface area (Å²) >= 11 is 0. The number of carbonyl (C=O) groups excluding carboxylic acids is 1. The Balaban J connectivity index is 1.82. The molecule has 4 saturated carbocycles. The van der Waals surface area contributed by atoms with E-state index < -0.39 is 24.1 Å². The molecule has 4 aliphatic rings. The zero-order valence-corrected chi connectivity index (χ0v) is 23.8. The number of hydrogen-bond donors (Lipinski definition) is 3. The van der Waals surface area contributed by atoms with E-state index in [1.807, 2.05) is 19.9 Å². The molecule has 0 heterocycles. The highest BCUT2D eigenvalue weighted by atomic mass is 16.5. The van der Waals surface area contributed by atoms with Crippen molar-refractivity contribution >= 4 is 11.9 Å². The number of aliphatic carboxylic acids is 1. The van der Waals surface area contributed by atoms with Crippen molar-refractivity contribution in [3.05, 3.63) is 22.8 Å². The second-order valence-corrected chi connectivity index (χ2v) is 13.6. The fourth-order valence-corrected chi connectivity index (χ4v) is 9.79. The number of hydrogen-bond acceptors (Lipinski definition) is 5. The smallest absolute Gasteiger partial charge is 0.331 e. The fourth-order valence-electron chi connectivity index (χ4n) is 9.79. The van der Waals surface area contributed by atoms with Crippen LogP contribution in [-0.4, -0.2) is 45.6 Å². The number of fused-ring (bicyclic) bond motifs is 5. The summed E-state index contributed by atoms with van der Waals surface area (Å²) in [6, 6.07) is 0. The van der Waals surface area contributed by atoms with Crippen LogP contribution in [0.1, 0.15) is 99.8 Å². The molecular weight excluding hydrogens is 468 g/mol. The molecule has 0 saturated heterocycles. The lowest BCUT2D eigenvalue weighted by atomic mass is 9.36. The minimum atomic E-state index is -0.953. The van der Waals surface area contributed by atoms with E-state index in [-0.39, 0.29) is 40.1 Å². The van der Waals surface area contributed by atoms with Crippen LogP contribution in [0, 0.1) is 39.9 Å². The normalized spacial score (nSPS) is 46.2. The van der Waals surface area contributed by atoms with Crippen LogP contribution < -0.4 is 0 Å². The minimum absolute atomic E-state index is 0.0474. The number of carbonyl (C=O) groups is 2. The number of rotatable bonds is 5. The summed E-state index contributed by atoms with van der Waals surface area (Å²) in [6.07, 6.45) is 6.22. The molecule has 6 nitrogen and oxygen atoms in total. The van der Waals surface area contributed by atoms with Gasteiger partial charge in [0.1, 0.15) is 6.10 Å². The molecule has 0 bridgehead atoms. The van der Waals surface area contributed by atoms with E-state index in [1.54, 1.807) is 0 Å². The van der Waals surface area contributed by atoms with Crippen LogP contribution in [-0.2, 0) is 14.3 Å². The maximum Gasteiger partial charge on any atom is 0.331 e. The predicted molar refractivity (Wildman–Crippen MR) is 143 cm³/mol. The van der Waals surface area contributed by atoms with Crippen molar-refractivity contribution in [2.45, 2.75) is 118 Å². The average molecular weight is 517 g/mol. The van der Waals surface area contributed by atoms with Gasteiger partial charge in [-0.2, -0.15) is 0 Å². The summed E-state index contributed by atoms with van der Waals surface area (Å²) in [7, 11) is 0. The Labute approximate surface area is 222 Å². The predicted octanol–water partition coefficient (Wildman–Crippen LogP) is 5.67. The average Bonchev–Trinajstić information content (AvgIpc) is 3.05. The van der Waals surface area contributed by atoms with Crippen molar-refractivity contribution in [2.24, 2.45) is 39.9 Å². The van der Waals surface area contributed by atoms with Gasteiger partial charge in [0, 0.05) is 12.5 Å². The van der Waals surface area contributed by atoms with Crippen LogP contribution in [0.5, 0.6) is 0 Å². The van der Waals surface area contributed by atoms with Crippen LogP contribution in [0.25, 0.3) is 0 Å². The summed E-state index contributed by atoms with van der Waals surface area (Å²) in [6.45, 7) is 14.5. The van der Waals surface area contributed by atoms with Crippen molar-refractivity contribution < 1.29 is 29.6 Å². The van der Waals surface area contributed by atoms with Gasteiger partial charge in [-0.05, 0) is 111 Å². The molecule has 0 radical (unpaired) electrons. The molecule has 0 aromatic carbocycles. The lowest BCUT2D eigenvalue weighted by Gasteiger charge is -2.69. The molecule has 0 aromatic rings. The third-order valence-corrected chi connectivity index (χ3v) is 11.6. The third kappa shape index (κ3) is 4.40. The number of esters is 1. The second kappa shape index (κ2) is 9.82. The molecule has 0 unspecified atom stereocenters. The van der Waals surface area contributed by atoms with E-state index in [0.717, 1.165) is 36.8 Å². The van der Waals surface area contributed by atoms with E-state index in [0.29, 0.717) is 37.2 Å². The van der Waals surface area contributed by atoms with Gasteiger partial charge in [0.15, 0.2) is 0 Å². The van der Waals surface area contributed by atoms with E-state index in [4.69, 9.17) is 4.74 Å². The molecule has 0 spiro atoms. The van der Waals surface area contributed by atoms with Crippen molar-refractivity contribution in [1.82, 2.24) is 0 Å². The Morgan fingerprint density at radius 2 is 1.70 bits per heavy atom. The van der Waals surface area contributed by atoms with Gasteiger partial charge in [-0.15, -0.1) is 0 Å². The van der Waals surface area contributed by atoms with E-state index >= 15 is 0 Å². The third-order valence-electron chi connectivity index (χ3n) is 11.6. The van der Waals surface area contributed by atoms with Gasteiger partial charge in [0.25, 0.3) is 0 Å². The first kappa shape index (κ1) is 28.4. The summed E-state index contributed by atoms with van der Waals surface area (Å²) in [5.74, 6) is -0.909. The lowest BCUT2D eigenvalue weighted by molar-refractivity contribution is -0.234. The first-order valence-electron chi connectivity index (χ1n) is 14.3. The van der Waals surface area contributed by atoms with Crippen LogP contribution in [0.2, 0.25) is 0 Å². The maximum absolute atomic E-state index is 12.6. The molecule has 3 N–H and O–H groups in total. The van der Waals surface area contributed by atoms with Crippen molar-refractivity contribution in [3.63, 3.8) is 0 Å². The highest BCUT2D eigenvalue weighted by molar-refractivity contribution is 5.88. The molecule has 4 fully saturated rings. The summed E-state index contributed by atoms with van der Waals surface area (Å²) < 4.78 is 5.87. The largest absolute Gasteiger partial charge is 0.478 e. The van der Waals surface area contributed by atoms with Gasteiger partial charge in [0.2, 0.25) is 0 Å². The zero-order valence-electron chi connectivity index (χ0n) is 23.8. The molecule has 6 heteroatoms. The fraction of sp³-hybridized carbons (Fsp3) is 0.806. The number of allylic oxidation sites excluding steroid dienone is 2. The Hall–Kier alpha value is -1.66. The molecule has 4 aliphatic carbocycles. The number of aliphatic hydroxyl groups excluding tert-OH is 2. The quantitative estimate of drug-likeness (QED) is 0.247. The van der Waals surface area contributed by atoms with Crippen molar-refractivity contribution in [1.29, 1.82) is 0 Å². The number of ether oxygens (including phenoxy) is 1. The molecule has 4 rings (SSSR count). The Bertz CT molecular complexity index is 994. The molecule has 10 atom stereocenters. The topological polar surface area (TPSA) is 104 Å². The van der Waals surface area contributed by atoms with Gasteiger partial charge in [-0.1, -0.05) is 39.3 Å². The molecule has 0 amide bonds. The molecule has 0 aromatic heterocycles. The first-order valence-corrected chi connectivity index (χ1v) is 14.3. The minimum Gasteiger partial charge on any atom is -0.478 e. The Morgan fingerprint density at radius 3 is 2.30 bits per heavy atom. The number of aliphatic hydroxyl groups is 2. The summed E-state index contributed by atoms with van der Waals surface area (Å²) in [5.41, 5.74) is 1.57. The number of carboxylic acid groups (broad SMARTS) is 1. The highest BCUT2D eigenvalue weighted by Gasteiger charge is 2.70. The van der Waals surface area contributed by atoms with Crippen LogP contribution in [0.4, 0.5) is 0 Å². The van der Waals surface area contributed by atoms with E-state index in [1.165, 1.54) is 6.92 Å². The first-order chi connectivity index (χ1) is 17.2. The monoisotopic (exact) mass is 516 g/mol. The van der Waals surface area contributed by atoms with Gasteiger partial charge >= 0.3 is 11.9 Å². The van der Waals surface area contributed by atoms with Crippen LogP contribution in [0.15, 0.2) is 22.8 Å². The second-order valence-electron chi connectivity index (χ2n) is 13.6. The standard InChI is InChI=1S/C31H48O6/c1-17(2)9-8-10-20(28(35)36)26-22-15-24(34)27-29(5)13-12-23(33)18(3)21(29)11-14-30(27,6)31(22,7)16-25(26)37-19(4)32/h9,18,21-25,27,33-34H,8,10-16H2,1-7H3,(H,35,36)/b26-20+/t18-,21-,22-,23+,24+,25-,27-,29-,30-,31-/m0/s1. The van der Waals surface area contributed by atoms with Crippen LogP contribution >= 0.6 is 0 Å². The van der Waals surface area contributed by atoms with E-state index in [9.17, 15) is 24.9 Å². The maximum atomic E-state index is 12.6. The van der Waals surface area contributed by atoms with Crippen molar-refractivity contribution in [3.8, 4) is 0 Å². The summed E-state index contributed by atoms with van der Waals surface area (Å²) in [4.78, 5) is 24.8. The Morgan fingerprint density at radius 1 is 1.03 bits per heavy atom. The van der Waals surface area contributed by atoms with E-state index in [2.05, 4.69) is 27.7 Å². The summed E-state index contributed by atoms with van der Waals surface area (Å²) in [5, 5.41) is 32.9. The van der Waals surface area contributed by atoms with Gasteiger partial charge in [-0.3, -0.25) is 4.79 Å². The van der Waals surface area contributed by atoms with Gasteiger partial charge in [-0.25, -0.2) is 4.79 Å². The van der Waals surface area contributed by atoms with Crippen LogP contribution in [0.3, 0.4) is 0 Å². The highest BCUT2D eigenvalue weighted by Crippen LogP contribution is 2.74. The van der Waals surface area contributed by atoms with Gasteiger partial charge < -0.3 is 20.1 Å².